The SMILES string of the molecule is C#CCN(CCC)S(=O)(=O)CCCCN. The van der Waals surface area contributed by atoms with E-state index in [0.717, 1.165) is 12.8 Å². The van der Waals surface area contributed by atoms with Crippen molar-refractivity contribution in [1.82, 2.24) is 4.31 Å². The maximum absolute atomic E-state index is 11.8. The highest BCUT2D eigenvalue weighted by atomic mass is 32.2. The van der Waals surface area contributed by atoms with Crippen molar-refractivity contribution < 1.29 is 8.42 Å². The standard InChI is InChI=1S/C10H20N2O2S/c1-3-8-12(9-4-2)15(13,14)10-6-5-7-11/h1H,4-11H2,2H3. The molecule has 0 aliphatic rings. The quantitative estimate of drug-likeness (QED) is 0.487. The molecule has 0 aliphatic heterocycles. The molecule has 4 nitrogen and oxygen atoms in total. The lowest BCUT2D eigenvalue weighted by Crippen LogP contribution is -2.34. The fourth-order valence-electron chi connectivity index (χ4n) is 1.23. The summed E-state index contributed by atoms with van der Waals surface area (Å²) in [6.45, 7) is 3.12. The number of rotatable bonds is 8. The van der Waals surface area contributed by atoms with Gasteiger partial charge < -0.3 is 5.73 Å². The number of sulfonamides is 1. The van der Waals surface area contributed by atoms with Crippen molar-refractivity contribution in [2.45, 2.75) is 26.2 Å². The zero-order valence-electron chi connectivity index (χ0n) is 9.28. The van der Waals surface area contributed by atoms with Gasteiger partial charge in [0.2, 0.25) is 10.0 Å². The molecule has 0 radical (unpaired) electrons. The van der Waals surface area contributed by atoms with Gasteiger partial charge in [-0.05, 0) is 25.8 Å². The van der Waals surface area contributed by atoms with Gasteiger partial charge in [-0.15, -0.1) is 6.42 Å². The van der Waals surface area contributed by atoms with E-state index in [-0.39, 0.29) is 12.3 Å². The second kappa shape index (κ2) is 7.69. The molecule has 88 valence electrons. The summed E-state index contributed by atoms with van der Waals surface area (Å²) in [4.78, 5) is 0. The van der Waals surface area contributed by atoms with E-state index in [1.54, 1.807) is 0 Å². The third-order valence-corrected chi connectivity index (χ3v) is 3.89. The van der Waals surface area contributed by atoms with Crippen LogP contribution in [0.4, 0.5) is 0 Å². The van der Waals surface area contributed by atoms with Gasteiger partial charge in [-0.2, -0.15) is 4.31 Å². The van der Waals surface area contributed by atoms with Crippen molar-refractivity contribution in [3.63, 3.8) is 0 Å². The molecule has 0 bridgehead atoms. The van der Waals surface area contributed by atoms with E-state index in [0.29, 0.717) is 19.5 Å². The molecule has 0 aromatic rings. The average Bonchev–Trinajstić information content (AvgIpc) is 2.18. The predicted molar refractivity (Wildman–Crippen MR) is 62.8 cm³/mol. The number of nitrogens with two attached hydrogens (primary N) is 1. The average molecular weight is 232 g/mol. The zero-order valence-corrected chi connectivity index (χ0v) is 10.1. The Balaban J connectivity index is 4.30. The molecule has 0 unspecified atom stereocenters. The van der Waals surface area contributed by atoms with Crippen LogP contribution in [0, 0.1) is 12.3 Å². The third-order valence-electron chi connectivity index (χ3n) is 1.99. The first-order chi connectivity index (χ1) is 7.08. The van der Waals surface area contributed by atoms with Crippen LogP contribution in [0.15, 0.2) is 0 Å². The first-order valence-corrected chi connectivity index (χ1v) is 6.80. The molecule has 5 heteroatoms. The van der Waals surface area contributed by atoms with Crippen LogP contribution in [-0.4, -0.2) is 38.1 Å². The van der Waals surface area contributed by atoms with E-state index in [9.17, 15) is 8.42 Å². The fourth-order valence-corrected chi connectivity index (χ4v) is 2.78. The Kier molecular flexibility index (Phi) is 7.39. The molecule has 0 amide bonds. The van der Waals surface area contributed by atoms with E-state index in [4.69, 9.17) is 12.2 Å². The van der Waals surface area contributed by atoms with Gasteiger partial charge in [0.1, 0.15) is 0 Å². The summed E-state index contributed by atoms with van der Waals surface area (Å²) in [6.07, 6.45) is 7.24. The molecule has 0 heterocycles. The van der Waals surface area contributed by atoms with E-state index in [1.807, 2.05) is 6.92 Å². The van der Waals surface area contributed by atoms with Crippen LogP contribution in [0.1, 0.15) is 26.2 Å². The maximum atomic E-state index is 11.8. The monoisotopic (exact) mass is 232 g/mol. The van der Waals surface area contributed by atoms with Crippen LogP contribution in [0.2, 0.25) is 0 Å². The van der Waals surface area contributed by atoms with Crippen molar-refractivity contribution in [1.29, 1.82) is 0 Å². The third kappa shape index (κ3) is 5.78. The summed E-state index contributed by atoms with van der Waals surface area (Å²) in [7, 11) is -3.18. The lowest BCUT2D eigenvalue weighted by Gasteiger charge is -2.18. The van der Waals surface area contributed by atoms with Crippen molar-refractivity contribution in [3.05, 3.63) is 0 Å². The Hall–Kier alpha value is -0.570. The summed E-state index contributed by atoms with van der Waals surface area (Å²) in [5, 5.41) is 0. The summed E-state index contributed by atoms with van der Waals surface area (Å²) in [5.74, 6) is 2.52. The normalized spacial score (nSPS) is 11.6. The molecule has 15 heavy (non-hydrogen) atoms. The minimum Gasteiger partial charge on any atom is -0.330 e. The minimum absolute atomic E-state index is 0.145. The Bertz CT molecular complexity index is 293. The molecule has 0 aliphatic carbocycles. The van der Waals surface area contributed by atoms with Gasteiger partial charge in [-0.3, -0.25) is 0 Å². The van der Waals surface area contributed by atoms with Gasteiger partial charge in [0.05, 0.1) is 12.3 Å². The fraction of sp³-hybridized carbons (Fsp3) is 0.800. The molecule has 0 atom stereocenters. The predicted octanol–water partition coefficient (Wildman–Crippen LogP) is 0.400. The van der Waals surface area contributed by atoms with Crippen LogP contribution < -0.4 is 5.73 Å². The summed E-state index contributed by atoms with van der Waals surface area (Å²) in [6, 6.07) is 0. The Morgan fingerprint density at radius 2 is 2.07 bits per heavy atom. The number of nitrogens with zero attached hydrogens (tertiary/aromatic N) is 1. The second-order valence-corrected chi connectivity index (χ2v) is 5.44. The van der Waals surface area contributed by atoms with E-state index in [2.05, 4.69) is 5.92 Å². The highest BCUT2D eigenvalue weighted by Crippen LogP contribution is 2.05. The lowest BCUT2D eigenvalue weighted by atomic mass is 10.3. The molecule has 0 saturated carbocycles. The van der Waals surface area contributed by atoms with Crippen molar-refractivity contribution in [2.24, 2.45) is 5.73 Å². The molecule has 0 rings (SSSR count). The number of terminal acetylenes is 1. The van der Waals surface area contributed by atoms with Gasteiger partial charge in [-0.1, -0.05) is 12.8 Å². The maximum Gasteiger partial charge on any atom is 0.214 e. The van der Waals surface area contributed by atoms with Crippen LogP contribution in [0.3, 0.4) is 0 Å². The lowest BCUT2D eigenvalue weighted by molar-refractivity contribution is 0.444. The van der Waals surface area contributed by atoms with Crippen LogP contribution >= 0.6 is 0 Å². The van der Waals surface area contributed by atoms with Crippen LogP contribution in [0.5, 0.6) is 0 Å². The van der Waals surface area contributed by atoms with Crippen molar-refractivity contribution in [3.8, 4) is 12.3 Å². The smallest absolute Gasteiger partial charge is 0.214 e. The van der Waals surface area contributed by atoms with Gasteiger partial charge in [0.15, 0.2) is 0 Å². The van der Waals surface area contributed by atoms with E-state index < -0.39 is 10.0 Å². The molecule has 0 spiro atoms. The number of hydrogen-bond acceptors (Lipinski definition) is 3. The highest BCUT2D eigenvalue weighted by molar-refractivity contribution is 7.89. The van der Waals surface area contributed by atoms with E-state index in [1.165, 1.54) is 4.31 Å². The summed E-state index contributed by atoms with van der Waals surface area (Å²) in [5.41, 5.74) is 5.31. The largest absolute Gasteiger partial charge is 0.330 e. The molecule has 0 aromatic heterocycles. The molecular weight excluding hydrogens is 212 g/mol. The summed E-state index contributed by atoms with van der Waals surface area (Å²) < 4.78 is 24.9. The molecule has 2 N–H and O–H groups in total. The van der Waals surface area contributed by atoms with Gasteiger partial charge in [-0.25, -0.2) is 8.42 Å². The second-order valence-electron chi connectivity index (χ2n) is 3.35. The topological polar surface area (TPSA) is 63.4 Å². The van der Waals surface area contributed by atoms with Crippen molar-refractivity contribution >= 4 is 10.0 Å². The number of unbranched alkanes of at least 4 members (excludes halogenated alkanes) is 1. The molecule has 0 saturated heterocycles. The Morgan fingerprint density at radius 1 is 1.40 bits per heavy atom. The minimum atomic E-state index is -3.18. The molecule has 0 fully saturated rings. The van der Waals surface area contributed by atoms with Gasteiger partial charge in [0.25, 0.3) is 0 Å². The van der Waals surface area contributed by atoms with Crippen molar-refractivity contribution in [2.75, 3.05) is 25.4 Å². The van der Waals surface area contributed by atoms with Crippen LogP contribution in [-0.2, 0) is 10.0 Å². The van der Waals surface area contributed by atoms with Gasteiger partial charge >= 0.3 is 0 Å². The van der Waals surface area contributed by atoms with E-state index >= 15 is 0 Å². The first-order valence-electron chi connectivity index (χ1n) is 5.19. The molecule has 0 aromatic carbocycles. The Morgan fingerprint density at radius 3 is 2.53 bits per heavy atom. The van der Waals surface area contributed by atoms with Gasteiger partial charge in [0, 0.05) is 6.54 Å². The number of hydrogen-bond donors (Lipinski definition) is 1. The first kappa shape index (κ1) is 14.4. The Labute approximate surface area is 92.9 Å². The van der Waals surface area contributed by atoms with Crippen LogP contribution in [0.25, 0.3) is 0 Å². The molecular formula is C10H20N2O2S. The highest BCUT2D eigenvalue weighted by Gasteiger charge is 2.19. The zero-order chi connectivity index (χ0) is 11.7. The summed E-state index contributed by atoms with van der Waals surface area (Å²) >= 11 is 0.